The Labute approximate surface area is 131 Å². The standard InChI is InChI=1S/C19H19NO2/c1-14(2)3-4-15-7-11-18(12-8-15)22-19(21)17-9-5-16(13-20)6-10-17/h5-12,14H,3-4H2,1-2H3. The van der Waals surface area contributed by atoms with E-state index in [1.807, 2.05) is 30.3 Å². The van der Waals surface area contributed by atoms with E-state index in [1.54, 1.807) is 24.3 Å². The first-order valence-electron chi connectivity index (χ1n) is 7.40. The van der Waals surface area contributed by atoms with E-state index in [0.29, 0.717) is 22.8 Å². The van der Waals surface area contributed by atoms with Crippen molar-refractivity contribution in [2.45, 2.75) is 26.7 Å². The van der Waals surface area contributed by atoms with E-state index in [-0.39, 0.29) is 0 Å². The van der Waals surface area contributed by atoms with Crippen LogP contribution in [0.2, 0.25) is 0 Å². The number of hydrogen-bond acceptors (Lipinski definition) is 3. The lowest BCUT2D eigenvalue weighted by Gasteiger charge is -2.07. The molecular formula is C19H19NO2. The van der Waals surface area contributed by atoms with Crippen LogP contribution in [0.3, 0.4) is 0 Å². The number of nitrogens with zero attached hydrogens (tertiary/aromatic N) is 1. The van der Waals surface area contributed by atoms with Crippen LogP contribution in [0.25, 0.3) is 0 Å². The van der Waals surface area contributed by atoms with E-state index in [0.717, 1.165) is 12.8 Å². The molecule has 0 amide bonds. The summed E-state index contributed by atoms with van der Waals surface area (Å²) in [6.07, 6.45) is 2.17. The number of rotatable bonds is 5. The van der Waals surface area contributed by atoms with Crippen LogP contribution < -0.4 is 4.74 Å². The molecule has 3 nitrogen and oxygen atoms in total. The summed E-state index contributed by atoms with van der Waals surface area (Å²) in [6.45, 7) is 4.40. The molecule has 0 spiro atoms. The second kappa shape index (κ2) is 7.42. The third kappa shape index (κ3) is 4.46. The van der Waals surface area contributed by atoms with Crippen molar-refractivity contribution in [2.75, 3.05) is 0 Å². The molecule has 0 fully saturated rings. The van der Waals surface area contributed by atoms with Gasteiger partial charge in [0.05, 0.1) is 17.2 Å². The smallest absolute Gasteiger partial charge is 0.343 e. The molecule has 0 saturated heterocycles. The van der Waals surface area contributed by atoms with Crippen LogP contribution in [0.1, 0.15) is 41.8 Å². The minimum absolute atomic E-state index is 0.417. The Balaban J connectivity index is 1.97. The molecule has 0 atom stereocenters. The molecule has 0 heterocycles. The van der Waals surface area contributed by atoms with E-state index < -0.39 is 5.97 Å². The molecule has 0 bridgehead atoms. The van der Waals surface area contributed by atoms with Gasteiger partial charge in [-0.2, -0.15) is 5.26 Å². The maximum absolute atomic E-state index is 12.0. The van der Waals surface area contributed by atoms with Crippen molar-refractivity contribution in [2.24, 2.45) is 5.92 Å². The molecule has 2 aromatic rings. The highest BCUT2D eigenvalue weighted by molar-refractivity contribution is 5.91. The zero-order chi connectivity index (χ0) is 15.9. The van der Waals surface area contributed by atoms with Gasteiger partial charge in [-0.05, 0) is 60.7 Å². The topological polar surface area (TPSA) is 50.1 Å². The zero-order valence-corrected chi connectivity index (χ0v) is 12.9. The van der Waals surface area contributed by atoms with Crippen LogP contribution in [0.15, 0.2) is 48.5 Å². The summed E-state index contributed by atoms with van der Waals surface area (Å²) in [4.78, 5) is 12.0. The minimum Gasteiger partial charge on any atom is -0.423 e. The summed E-state index contributed by atoms with van der Waals surface area (Å²) >= 11 is 0. The molecule has 112 valence electrons. The fourth-order valence-corrected chi connectivity index (χ4v) is 2.03. The molecule has 2 rings (SSSR count). The first-order valence-corrected chi connectivity index (χ1v) is 7.40. The van der Waals surface area contributed by atoms with E-state index in [4.69, 9.17) is 10.00 Å². The molecule has 0 saturated carbocycles. The van der Waals surface area contributed by atoms with Crippen molar-refractivity contribution in [3.05, 3.63) is 65.2 Å². The second-order valence-electron chi connectivity index (χ2n) is 5.66. The fourth-order valence-electron chi connectivity index (χ4n) is 2.03. The first-order chi connectivity index (χ1) is 10.6. The third-order valence-corrected chi connectivity index (χ3v) is 3.39. The zero-order valence-electron chi connectivity index (χ0n) is 12.9. The van der Waals surface area contributed by atoms with Gasteiger partial charge in [-0.15, -0.1) is 0 Å². The van der Waals surface area contributed by atoms with Crippen molar-refractivity contribution >= 4 is 5.97 Å². The number of ether oxygens (including phenoxy) is 1. The number of aryl methyl sites for hydroxylation is 1. The maximum Gasteiger partial charge on any atom is 0.343 e. The number of hydrogen-bond donors (Lipinski definition) is 0. The average Bonchev–Trinajstić information content (AvgIpc) is 2.54. The quantitative estimate of drug-likeness (QED) is 0.607. The van der Waals surface area contributed by atoms with Gasteiger partial charge in [0.1, 0.15) is 5.75 Å². The monoisotopic (exact) mass is 293 g/mol. The lowest BCUT2D eigenvalue weighted by molar-refractivity contribution is 0.0734. The molecule has 2 aromatic carbocycles. The Morgan fingerprint density at radius 3 is 2.27 bits per heavy atom. The predicted octanol–water partition coefficient (Wildman–Crippen LogP) is 4.37. The van der Waals surface area contributed by atoms with Crippen LogP contribution in [0.4, 0.5) is 0 Å². The number of nitriles is 1. The molecule has 0 unspecified atom stereocenters. The van der Waals surface area contributed by atoms with Crippen molar-refractivity contribution in [3.63, 3.8) is 0 Å². The van der Waals surface area contributed by atoms with Gasteiger partial charge >= 0.3 is 5.97 Å². The van der Waals surface area contributed by atoms with Crippen LogP contribution in [0, 0.1) is 17.2 Å². The van der Waals surface area contributed by atoms with Gasteiger partial charge in [-0.3, -0.25) is 0 Å². The summed E-state index contributed by atoms with van der Waals surface area (Å²) in [6, 6.07) is 16.0. The second-order valence-corrected chi connectivity index (χ2v) is 5.66. The largest absolute Gasteiger partial charge is 0.423 e. The number of esters is 1. The number of carbonyl (C=O) groups excluding carboxylic acids is 1. The van der Waals surface area contributed by atoms with Crippen LogP contribution in [0.5, 0.6) is 5.75 Å². The van der Waals surface area contributed by atoms with Crippen molar-refractivity contribution in [1.29, 1.82) is 5.26 Å². The Hall–Kier alpha value is -2.60. The summed E-state index contributed by atoms with van der Waals surface area (Å²) in [5.41, 5.74) is 2.20. The molecule has 3 heteroatoms. The summed E-state index contributed by atoms with van der Waals surface area (Å²) in [5.74, 6) is 0.788. The van der Waals surface area contributed by atoms with E-state index in [2.05, 4.69) is 13.8 Å². The Morgan fingerprint density at radius 2 is 1.73 bits per heavy atom. The Morgan fingerprint density at radius 1 is 1.09 bits per heavy atom. The van der Waals surface area contributed by atoms with Gasteiger partial charge in [0, 0.05) is 0 Å². The lowest BCUT2D eigenvalue weighted by Crippen LogP contribution is -2.08. The highest BCUT2D eigenvalue weighted by Gasteiger charge is 2.08. The van der Waals surface area contributed by atoms with Crippen molar-refractivity contribution in [1.82, 2.24) is 0 Å². The van der Waals surface area contributed by atoms with Crippen LogP contribution >= 0.6 is 0 Å². The van der Waals surface area contributed by atoms with Gasteiger partial charge in [-0.25, -0.2) is 4.79 Å². The van der Waals surface area contributed by atoms with Crippen LogP contribution in [-0.2, 0) is 6.42 Å². The van der Waals surface area contributed by atoms with Crippen LogP contribution in [-0.4, -0.2) is 5.97 Å². The van der Waals surface area contributed by atoms with E-state index in [1.165, 1.54) is 5.56 Å². The fraction of sp³-hybridized carbons (Fsp3) is 0.263. The Kier molecular flexibility index (Phi) is 5.32. The summed E-state index contributed by atoms with van der Waals surface area (Å²) < 4.78 is 5.33. The molecule has 0 aromatic heterocycles. The van der Waals surface area contributed by atoms with Gasteiger partial charge in [0.2, 0.25) is 0 Å². The van der Waals surface area contributed by atoms with Gasteiger partial charge < -0.3 is 4.74 Å². The molecule has 22 heavy (non-hydrogen) atoms. The molecule has 0 aliphatic heterocycles. The molecule has 0 aliphatic rings. The molecule has 0 N–H and O–H groups in total. The molecular weight excluding hydrogens is 274 g/mol. The number of carbonyl (C=O) groups is 1. The Bertz CT molecular complexity index is 664. The van der Waals surface area contributed by atoms with Gasteiger partial charge in [-0.1, -0.05) is 26.0 Å². The number of benzene rings is 2. The van der Waals surface area contributed by atoms with E-state index in [9.17, 15) is 4.79 Å². The SMILES string of the molecule is CC(C)CCc1ccc(OC(=O)c2ccc(C#N)cc2)cc1. The molecule has 0 radical (unpaired) electrons. The third-order valence-electron chi connectivity index (χ3n) is 3.39. The first kappa shape index (κ1) is 15.8. The normalized spacial score (nSPS) is 10.3. The maximum atomic E-state index is 12.0. The lowest BCUT2D eigenvalue weighted by atomic mass is 10.0. The predicted molar refractivity (Wildman–Crippen MR) is 85.7 cm³/mol. The summed E-state index contributed by atoms with van der Waals surface area (Å²) in [7, 11) is 0. The average molecular weight is 293 g/mol. The minimum atomic E-state index is -0.417. The highest BCUT2D eigenvalue weighted by Crippen LogP contribution is 2.16. The van der Waals surface area contributed by atoms with Crippen molar-refractivity contribution in [3.8, 4) is 11.8 Å². The molecule has 0 aliphatic carbocycles. The highest BCUT2D eigenvalue weighted by atomic mass is 16.5. The van der Waals surface area contributed by atoms with Gasteiger partial charge in [0.25, 0.3) is 0 Å². The van der Waals surface area contributed by atoms with Gasteiger partial charge in [0.15, 0.2) is 0 Å². The summed E-state index contributed by atoms with van der Waals surface area (Å²) in [5, 5.41) is 8.74. The van der Waals surface area contributed by atoms with Crippen molar-refractivity contribution < 1.29 is 9.53 Å². The van der Waals surface area contributed by atoms with E-state index >= 15 is 0 Å².